The van der Waals surface area contributed by atoms with E-state index in [4.69, 9.17) is 4.74 Å². The van der Waals surface area contributed by atoms with E-state index in [1.165, 1.54) is 12.1 Å². The normalized spacial score (nSPS) is 16.5. The largest absolute Gasteiger partial charge is 0.376 e. The molecule has 2 aromatic rings. The van der Waals surface area contributed by atoms with Crippen LogP contribution in [0, 0.1) is 12.7 Å². The van der Waals surface area contributed by atoms with E-state index in [1.54, 1.807) is 18.2 Å². The molecule has 2 heterocycles. The molecule has 1 saturated heterocycles. The van der Waals surface area contributed by atoms with E-state index in [9.17, 15) is 9.18 Å². The van der Waals surface area contributed by atoms with Gasteiger partial charge in [0.1, 0.15) is 11.5 Å². The van der Waals surface area contributed by atoms with Crippen LogP contribution in [0.4, 0.5) is 10.3 Å². The number of hydrogen-bond acceptors (Lipinski definition) is 5. The molecule has 0 saturated carbocycles. The maximum Gasteiger partial charge on any atom is 0.270 e. The second-order valence-electron chi connectivity index (χ2n) is 6.37. The van der Waals surface area contributed by atoms with Gasteiger partial charge in [0.2, 0.25) is 5.95 Å². The van der Waals surface area contributed by atoms with Crippen molar-refractivity contribution in [1.82, 2.24) is 15.3 Å². The van der Waals surface area contributed by atoms with Crippen molar-refractivity contribution >= 4 is 11.9 Å². The van der Waals surface area contributed by atoms with E-state index in [2.05, 4.69) is 20.6 Å². The second-order valence-corrected chi connectivity index (χ2v) is 6.37. The number of aromatic nitrogens is 2. The summed E-state index contributed by atoms with van der Waals surface area (Å²) in [7, 11) is 0. The molecule has 1 atom stereocenters. The monoisotopic (exact) mass is 358 g/mol. The first-order valence-corrected chi connectivity index (χ1v) is 8.84. The molecule has 1 aromatic carbocycles. The van der Waals surface area contributed by atoms with Gasteiger partial charge in [-0.3, -0.25) is 4.79 Å². The predicted octanol–water partition coefficient (Wildman–Crippen LogP) is 2.49. The van der Waals surface area contributed by atoms with Crippen molar-refractivity contribution < 1.29 is 13.9 Å². The smallest absolute Gasteiger partial charge is 0.270 e. The topological polar surface area (TPSA) is 76.1 Å². The molecule has 1 unspecified atom stereocenters. The highest BCUT2D eigenvalue weighted by molar-refractivity contribution is 5.92. The first-order chi connectivity index (χ1) is 12.6. The van der Waals surface area contributed by atoms with Crippen LogP contribution in [0.2, 0.25) is 0 Å². The lowest BCUT2D eigenvalue weighted by Crippen LogP contribution is -2.27. The molecule has 1 aromatic heterocycles. The second kappa shape index (κ2) is 8.71. The predicted molar refractivity (Wildman–Crippen MR) is 96.7 cm³/mol. The summed E-state index contributed by atoms with van der Waals surface area (Å²) in [4.78, 5) is 21.0. The SMILES string of the molecule is Cc1cc(C(=O)NCCc2ccc(F)cc2)nc(NCC2CCCO2)n1. The van der Waals surface area contributed by atoms with Gasteiger partial charge in [-0.15, -0.1) is 0 Å². The van der Waals surface area contributed by atoms with Gasteiger partial charge in [0.15, 0.2) is 0 Å². The van der Waals surface area contributed by atoms with E-state index in [0.717, 1.165) is 30.7 Å². The third-order valence-corrected chi connectivity index (χ3v) is 4.21. The summed E-state index contributed by atoms with van der Waals surface area (Å²) < 4.78 is 18.5. The zero-order chi connectivity index (χ0) is 18.4. The van der Waals surface area contributed by atoms with Crippen LogP contribution in [-0.2, 0) is 11.2 Å². The van der Waals surface area contributed by atoms with Crippen LogP contribution in [-0.4, -0.2) is 41.7 Å². The number of halogens is 1. The van der Waals surface area contributed by atoms with Crippen molar-refractivity contribution in [2.24, 2.45) is 0 Å². The molecule has 1 amide bonds. The molecule has 0 radical (unpaired) electrons. The van der Waals surface area contributed by atoms with Crippen molar-refractivity contribution in [2.45, 2.75) is 32.3 Å². The van der Waals surface area contributed by atoms with Crippen molar-refractivity contribution in [3.05, 3.63) is 53.1 Å². The van der Waals surface area contributed by atoms with Crippen molar-refractivity contribution in [2.75, 3.05) is 25.0 Å². The molecular weight excluding hydrogens is 335 g/mol. The summed E-state index contributed by atoms with van der Waals surface area (Å²) in [6, 6.07) is 7.91. The van der Waals surface area contributed by atoms with Gasteiger partial charge < -0.3 is 15.4 Å². The van der Waals surface area contributed by atoms with Gasteiger partial charge >= 0.3 is 0 Å². The fourth-order valence-electron chi connectivity index (χ4n) is 2.84. The van der Waals surface area contributed by atoms with E-state index in [1.807, 2.05) is 6.92 Å². The van der Waals surface area contributed by atoms with Gasteiger partial charge in [0.05, 0.1) is 6.10 Å². The fraction of sp³-hybridized carbons (Fsp3) is 0.421. The summed E-state index contributed by atoms with van der Waals surface area (Å²) in [6.45, 7) is 3.71. The number of amides is 1. The summed E-state index contributed by atoms with van der Waals surface area (Å²) in [6.07, 6.45) is 2.89. The highest BCUT2D eigenvalue weighted by Gasteiger charge is 2.16. The first-order valence-electron chi connectivity index (χ1n) is 8.84. The average Bonchev–Trinajstić information content (AvgIpc) is 3.15. The van der Waals surface area contributed by atoms with E-state index < -0.39 is 0 Å². The van der Waals surface area contributed by atoms with Crippen molar-refractivity contribution in [1.29, 1.82) is 0 Å². The summed E-state index contributed by atoms with van der Waals surface area (Å²) in [5, 5.41) is 5.99. The van der Waals surface area contributed by atoms with E-state index >= 15 is 0 Å². The zero-order valence-electron chi connectivity index (χ0n) is 14.8. The van der Waals surface area contributed by atoms with Crippen LogP contribution in [0.5, 0.6) is 0 Å². The molecular formula is C19H23FN4O2. The van der Waals surface area contributed by atoms with Gasteiger partial charge in [-0.1, -0.05) is 12.1 Å². The number of ether oxygens (including phenoxy) is 1. The number of nitrogens with zero attached hydrogens (tertiary/aromatic N) is 2. The van der Waals surface area contributed by atoms with Crippen LogP contribution in [0.1, 0.15) is 34.6 Å². The Bertz CT molecular complexity index is 746. The maximum atomic E-state index is 12.9. The van der Waals surface area contributed by atoms with Crippen LogP contribution in [0.25, 0.3) is 0 Å². The average molecular weight is 358 g/mol. The number of anilines is 1. The summed E-state index contributed by atoms with van der Waals surface area (Å²) >= 11 is 0. The van der Waals surface area contributed by atoms with Gasteiger partial charge in [-0.05, 0) is 49.9 Å². The first kappa shape index (κ1) is 18.3. The molecule has 7 heteroatoms. The Morgan fingerprint density at radius 1 is 1.31 bits per heavy atom. The minimum absolute atomic E-state index is 0.173. The molecule has 1 aliphatic heterocycles. The Morgan fingerprint density at radius 2 is 2.12 bits per heavy atom. The van der Waals surface area contributed by atoms with Gasteiger partial charge in [-0.2, -0.15) is 0 Å². The molecule has 3 rings (SSSR count). The Morgan fingerprint density at radius 3 is 2.85 bits per heavy atom. The van der Waals surface area contributed by atoms with Crippen molar-refractivity contribution in [3.63, 3.8) is 0 Å². The lowest BCUT2D eigenvalue weighted by atomic mass is 10.1. The third kappa shape index (κ3) is 5.23. The van der Waals surface area contributed by atoms with Crippen LogP contribution in [0.3, 0.4) is 0 Å². The Hall–Kier alpha value is -2.54. The van der Waals surface area contributed by atoms with Crippen LogP contribution in [0.15, 0.2) is 30.3 Å². The quantitative estimate of drug-likeness (QED) is 0.795. The third-order valence-electron chi connectivity index (χ3n) is 4.21. The highest BCUT2D eigenvalue weighted by Crippen LogP contribution is 2.13. The number of nitrogens with one attached hydrogen (secondary N) is 2. The molecule has 0 aliphatic carbocycles. The number of rotatable bonds is 7. The minimum atomic E-state index is -0.266. The van der Waals surface area contributed by atoms with Gasteiger partial charge in [-0.25, -0.2) is 14.4 Å². The molecule has 2 N–H and O–H groups in total. The molecule has 0 bridgehead atoms. The highest BCUT2D eigenvalue weighted by atomic mass is 19.1. The molecule has 26 heavy (non-hydrogen) atoms. The van der Waals surface area contributed by atoms with Gasteiger partial charge in [0, 0.05) is 25.4 Å². The molecule has 6 nitrogen and oxygen atoms in total. The van der Waals surface area contributed by atoms with Gasteiger partial charge in [0.25, 0.3) is 5.91 Å². The standard InChI is InChI=1S/C19H23FN4O2/c1-13-11-17(24-19(23-13)22-12-16-3-2-10-26-16)18(25)21-9-8-14-4-6-15(20)7-5-14/h4-7,11,16H,2-3,8-10,12H2,1H3,(H,21,25)(H,22,23,24). The maximum absolute atomic E-state index is 12.9. The Balaban J connectivity index is 1.53. The molecule has 1 fully saturated rings. The zero-order valence-corrected chi connectivity index (χ0v) is 14.8. The Kier molecular flexibility index (Phi) is 6.12. The molecule has 0 spiro atoms. The summed E-state index contributed by atoms with van der Waals surface area (Å²) in [5.41, 5.74) is 2.01. The van der Waals surface area contributed by atoms with Crippen LogP contribution >= 0.6 is 0 Å². The number of benzene rings is 1. The van der Waals surface area contributed by atoms with E-state index in [-0.39, 0.29) is 17.8 Å². The number of aryl methyl sites for hydroxylation is 1. The lowest BCUT2D eigenvalue weighted by Gasteiger charge is -2.12. The van der Waals surface area contributed by atoms with Crippen LogP contribution < -0.4 is 10.6 Å². The molecule has 138 valence electrons. The number of carbonyl (C=O) groups excluding carboxylic acids is 1. The molecule has 1 aliphatic rings. The minimum Gasteiger partial charge on any atom is -0.376 e. The fourth-order valence-corrected chi connectivity index (χ4v) is 2.84. The van der Waals surface area contributed by atoms with E-state index in [0.29, 0.717) is 31.2 Å². The number of hydrogen-bond donors (Lipinski definition) is 2. The Labute approximate surface area is 152 Å². The van der Waals surface area contributed by atoms with Crippen molar-refractivity contribution in [3.8, 4) is 0 Å². The lowest BCUT2D eigenvalue weighted by molar-refractivity contribution is 0.0949. The summed E-state index contributed by atoms with van der Waals surface area (Å²) in [5.74, 6) is -0.0840. The number of carbonyl (C=O) groups is 1.